The fraction of sp³-hybridized carbons (Fsp3) is 0.846. The number of hydrogen-bond acceptors (Lipinski definition) is 3. The molecule has 112 valence electrons. The first-order valence-corrected chi connectivity index (χ1v) is 6.72. The number of methoxy groups -OCH3 is 1. The molecule has 0 heterocycles. The number of rotatable bonds is 9. The number of amides is 2. The van der Waals surface area contributed by atoms with E-state index >= 15 is 0 Å². The summed E-state index contributed by atoms with van der Waals surface area (Å²) >= 11 is 0. The van der Waals surface area contributed by atoms with Gasteiger partial charge in [-0.25, -0.2) is 4.79 Å². The molecule has 0 rings (SSSR count). The Hall–Kier alpha value is -1.30. The van der Waals surface area contributed by atoms with Crippen molar-refractivity contribution < 1.29 is 19.4 Å². The fourth-order valence-electron chi connectivity index (χ4n) is 1.94. The van der Waals surface area contributed by atoms with Gasteiger partial charge in [-0.2, -0.15) is 0 Å². The molecule has 0 aliphatic rings. The third kappa shape index (κ3) is 5.92. The Kier molecular flexibility index (Phi) is 8.14. The molecule has 19 heavy (non-hydrogen) atoms. The molecule has 0 aliphatic carbocycles. The van der Waals surface area contributed by atoms with E-state index in [1.54, 1.807) is 0 Å². The van der Waals surface area contributed by atoms with E-state index in [1.165, 1.54) is 12.0 Å². The minimum atomic E-state index is -1.03. The van der Waals surface area contributed by atoms with Crippen LogP contribution in [-0.4, -0.2) is 54.4 Å². The average molecular weight is 274 g/mol. The third-order valence-corrected chi connectivity index (χ3v) is 3.58. The zero-order chi connectivity index (χ0) is 14.9. The molecule has 0 fully saturated rings. The molecule has 0 bridgehead atoms. The normalized spacial score (nSPS) is 11.2. The van der Waals surface area contributed by atoms with Gasteiger partial charge in [-0.3, -0.25) is 4.79 Å². The third-order valence-electron chi connectivity index (χ3n) is 3.58. The Morgan fingerprint density at radius 1 is 1.21 bits per heavy atom. The molecule has 0 aromatic rings. The van der Waals surface area contributed by atoms with Crippen LogP contribution in [0.15, 0.2) is 0 Å². The maximum Gasteiger partial charge on any atom is 0.323 e. The lowest BCUT2D eigenvalue weighted by Crippen LogP contribution is -2.54. The Bertz CT molecular complexity index is 282. The van der Waals surface area contributed by atoms with Gasteiger partial charge in [0.05, 0.1) is 6.61 Å². The van der Waals surface area contributed by atoms with Gasteiger partial charge in [0.25, 0.3) is 0 Å². The maximum absolute atomic E-state index is 12.2. The van der Waals surface area contributed by atoms with Crippen molar-refractivity contribution >= 4 is 12.0 Å². The molecule has 2 amide bonds. The van der Waals surface area contributed by atoms with Crippen LogP contribution in [0.4, 0.5) is 4.79 Å². The molecule has 6 nitrogen and oxygen atoms in total. The smallest absolute Gasteiger partial charge is 0.323 e. The number of carbonyl (C=O) groups excluding carboxylic acids is 1. The maximum atomic E-state index is 12.2. The van der Waals surface area contributed by atoms with Crippen LogP contribution in [0.5, 0.6) is 0 Å². The Labute approximate surface area is 115 Å². The quantitative estimate of drug-likeness (QED) is 0.670. The summed E-state index contributed by atoms with van der Waals surface area (Å²) in [7, 11) is 1.52. The largest absolute Gasteiger partial charge is 0.480 e. The molecule has 0 saturated heterocycles. The van der Waals surface area contributed by atoms with Crippen molar-refractivity contribution in [2.75, 3.05) is 26.8 Å². The lowest BCUT2D eigenvalue weighted by Gasteiger charge is -2.34. The lowest BCUT2D eigenvalue weighted by molar-refractivity contribution is -0.137. The van der Waals surface area contributed by atoms with E-state index in [4.69, 9.17) is 9.84 Å². The summed E-state index contributed by atoms with van der Waals surface area (Å²) in [5.74, 6) is -1.03. The van der Waals surface area contributed by atoms with Crippen molar-refractivity contribution in [1.82, 2.24) is 10.2 Å². The standard InChI is InChI=1S/C13H26N2O4/c1-5-13(6-2,7-3)14-12(18)15(8-9-19-4)10-11(16)17/h5-10H2,1-4H3,(H,14,18)(H,16,17). The predicted octanol–water partition coefficient (Wildman–Crippen LogP) is 1.70. The van der Waals surface area contributed by atoms with Crippen molar-refractivity contribution in [3.05, 3.63) is 0 Å². The summed E-state index contributed by atoms with van der Waals surface area (Å²) < 4.78 is 4.90. The monoisotopic (exact) mass is 274 g/mol. The van der Waals surface area contributed by atoms with Gasteiger partial charge in [0.15, 0.2) is 0 Å². The van der Waals surface area contributed by atoms with Gasteiger partial charge < -0.3 is 20.1 Å². The summed E-state index contributed by atoms with van der Waals surface area (Å²) in [6.45, 7) is 6.32. The molecule has 0 unspecified atom stereocenters. The van der Waals surface area contributed by atoms with Crippen molar-refractivity contribution in [2.24, 2.45) is 0 Å². The molecule has 0 aromatic carbocycles. The first kappa shape index (κ1) is 17.7. The van der Waals surface area contributed by atoms with E-state index in [0.29, 0.717) is 6.61 Å². The molecule has 0 radical (unpaired) electrons. The highest BCUT2D eigenvalue weighted by Gasteiger charge is 2.28. The first-order valence-electron chi connectivity index (χ1n) is 6.72. The van der Waals surface area contributed by atoms with Crippen LogP contribution in [-0.2, 0) is 9.53 Å². The van der Waals surface area contributed by atoms with Crippen LogP contribution >= 0.6 is 0 Å². The van der Waals surface area contributed by atoms with E-state index in [1.807, 2.05) is 20.8 Å². The van der Waals surface area contributed by atoms with Crippen LogP contribution in [0, 0.1) is 0 Å². The number of urea groups is 1. The van der Waals surface area contributed by atoms with Gasteiger partial charge in [-0.15, -0.1) is 0 Å². The van der Waals surface area contributed by atoms with E-state index < -0.39 is 5.97 Å². The van der Waals surface area contributed by atoms with E-state index in [9.17, 15) is 9.59 Å². The molecule has 0 atom stereocenters. The van der Waals surface area contributed by atoms with Crippen LogP contribution in [0.1, 0.15) is 40.0 Å². The van der Waals surface area contributed by atoms with Crippen molar-refractivity contribution in [1.29, 1.82) is 0 Å². The Morgan fingerprint density at radius 3 is 2.11 bits per heavy atom. The second-order valence-corrected chi connectivity index (χ2v) is 4.58. The summed E-state index contributed by atoms with van der Waals surface area (Å²) in [5, 5.41) is 11.8. The van der Waals surface area contributed by atoms with Gasteiger partial charge in [-0.05, 0) is 19.3 Å². The van der Waals surface area contributed by atoms with E-state index in [2.05, 4.69) is 5.32 Å². The summed E-state index contributed by atoms with van der Waals surface area (Å²) in [6, 6.07) is -0.343. The number of carbonyl (C=O) groups is 2. The van der Waals surface area contributed by atoms with Crippen LogP contribution in [0.3, 0.4) is 0 Å². The van der Waals surface area contributed by atoms with Crippen LogP contribution in [0.2, 0.25) is 0 Å². The molecule has 6 heteroatoms. The second-order valence-electron chi connectivity index (χ2n) is 4.58. The highest BCUT2D eigenvalue weighted by molar-refractivity contribution is 5.80. The predicted molar refractivity (Wildman–Crippen MR) is 73.2 cm³/mol. The van der Waals surface area contributed by atoms with Gasteiger partial charge in [0.2, 0.25) is 0 Å². The minimum Gasteiger partial charge on any atom is -0.480 e. The van der Waals surface area contributed by atoms with Crippen molar-refractivity contribution in [3.8, 4) is 0 Å². The number of aliphatic carboxylic acids is 1. The fourth-order valence-corrected chi connectivity index (χ4v) is 1.94. The number of nitrogens with zero attached hydrogens (tertiary/aromatic N) is 1. The molecule has 0 aromatic heterocycles. The summed E-state index contributed by atoms with van der Waals surface area (Å²) in [5.41, 5.74) is -0.263. The highest BCUT2D eigenvalue weighted by atomic mass is 16.5. The SMILES string of the molecule is CCC(CC)(CC)NC(=O)N(CCOC)CC(=O)O. The molecule has 0 spiro atoms. The number of nitrogens with one attached hydrogen (secondary N) is 1. The number of hydrogen-bond donors (Lipinski definition) is 2. The Morgan fingerprint density at radius 2 is 1.74 bits per heavy atom. The van der Waals surface area contributed by atoms with E-state index in [-0.39, 0.29) is 24.7 Å². The highest BCUT2D eigenvalue weighted by Crippen LogP contribution is 2.19. The topological polar surface area (TPSA) is 78.9 Å². The minimum absolute atomic E-state index is 0.263. The molecule has 0 saturated carbocycles. The van der Waals surface area contributed by atoms with E-state index in [0.717, 1.165) is 19.3 Å². The zero-order valence-electron chi connectivity index (χ0n) is 12.4. The number of carboxylic acid groups (broad SMARTS) is 1. The first-order chi connectivity index (χ1) is 8.94. The summed E-state index contributed by atoms with van der Waals surface area (Å²) in [4.78, 5) is 24.2. The van der Waals surface area contributed by atoms with Gasteiger partial charge >= 0.3 is 12.0 Å². The number of carboxylic acids is 1. The van der Waals surface area contributed by atoms with Gasteiger partial charge in [0.1, 0.15) is 6.54 Å². The van der Waals surface area contributed by atoms with Crippen molar-refractivity contribution in [2.45, 2.75) is 45.6 Å². The molecular weight excluding hydrogens is 248 g/mol. The second kappa shape index (κ2) is 8.74. The Balaban J connectivity index is 4.73. The van der Waals surface area contributed by atoms with Gasteiger partial charge in [-0.1, -0.05) is 20.8 Å². The molecule has 2 N–H and O–H groups in total. The molecular formula is C13H26N2O4. The zero-order valence-corrected chi connectivity index (χ0v) is 12.4. The summed E-state index contributed by atoms with van der Waals surface area (Å²) in [6.07, 6.45) is 2.45. The van der Waals surface area contributed by atoms with Gasteiger partial charge in [0, 0.05) is 19.2 Å². The van der Waals surface area contributed by atoms with Crippen molar-refractivity contribution in [3.63, 3.8) is 0 Å². The lowest BCUT2D eigenvalue weighted by atomic mass is 9.90. The average Bonchev–Trinajstić information content (AvgIpc) is 2.40. The van der Waals surface area contributed by atoms with Crippen LogP contribution in [0.25, 0.3) is 0 Å². The number of ether oxygens (including phenoxy) is 1. The molecule has 0 aliphatic heterocycles. The van der Waals surface area contributed by atoms with Crippen LogP contribution < -0.4 is 5.32 Å².